The predicted molar refractivity (Wildman–Crippen MR) is 65.8 cm³/mol. The Bertz CT molecular complexity index is 370. The average molecular weight is 266 g/mol. The summed E-state index contributed by atoms with van der Waals surface area (Å²) in [5, 5.41) is 9.05. The lowest BCUT2D eigenvalue weighted by molar-refractivity contribution is -0.141. The molecule has 0 heterocycles. The van der Waals surface area contributed by atoms with Crippen molar-refractivity contribution in [2.45, 2.75) is 46.7 Å². The van der Waals surface area contributed by atoms with E-state index in [1.54, 1.807) is 34.6 Å². The van der Waals surface area contributed by atoms with Gasteiger partial charge in [-0.1, -0.05) is 20.8 Å². The molecule has 0 aliphatic carbocycles. The summed E-state index contributed by atoms with van der Waals surface area (Å²) in [5.74, 6) is -1.18. The topological polar surface area (TPSA) is 86.7 Å². The summed E-state index contributed by atoms with van der Waals surface area (Å²) in [6, 6.07) is -1.39. The van der Waals surface area contributed by atoms with E-state index < -0.39 is 27.6 Å². The van der Waals surface area contributed by atoms with Gasteiger partial charge in [-0.15, -0.1) is 0 Å². The van der Waals surface area contributed by atoms with Crippen LogP contribution in [-0.4, -0.2) is 42.9 Å². The highest BCUT2D eigenvalue weighted by Crippen LogP contribution is 2.20. The van der Waals surface area contributed by atoms with Crippen molar-refractivity contribution in [2.24, 2.45) is 5.41 Å². The van der Waals surface area contributed by atoms with Crippen LogP contribution < -0.4 is 4.72 Å². The lowest BCUT2D eigenvalue weighted by atomic mass is 9.88. The Hall–Kier alpha value is -0.660. The molecule has 0 bridgehead atoms. The van der Waals surface area contributed by atoms with Crippen LogP contribution in [0.25, 0.3) is 0 Å². The maximum atomic E-state index is 11.9. The number of aliphatic carboxylic acids is 1. The van der Waals surface area contributed by atoms with Crippen LogP contribution in [0.3, 0.4) is 0 Å². The zero-order valence-electron chi connectivity index (χ0n) is 11.2. The summed E-state index contributed by atoms with van der Waals surface area (Å²) in [6.07, 6.45) is 0. The number of carboxylic acids is 1. The van der Waals surface area contributed by atoms with Crippen molar-refractivity contribution in [3.05, 3.63) is 0 Å². The molecule has 0 rings (SSSR count). The first kappa shape index (κ1) is 16.3. The Kier molecular flexibility index (Phi) is 5.12. The maximum absolute atomic E-state index is 11.9. The van der Waals surface area contributed by atoms with Gasteiger partial charge in [-0.25, -0.2) is 0 Å². The van der Waals surface area contributed by atoms with Crippen molar-refractivity contribution in [1.29, 1.82) is 0 Å². The first-order chi connectivity index (χ1) is 7.39. The zero-order valence-corrected chi connectivity index (χ0v) is 12.0. The summed E-state index contributed by atoms with van der Waals surface area (Å²) in [6.45, 7) is 8.44. The van der Waals surface area contributed by atoms with E-state index in [1.807, 2.05) is 0 Å². The van der Waals surface area contributed by atoms with E-state index in [1.165, 1.54) is 7.05 Å². The highest BCUT2D eigenvalue weighted by molar-refractivity contribution is 7.87. The second kappa shape index (κ2) is 5.32. The molecule has 0 aromatic heterocycles. The molecule has 0 aliphatic rings. The van der Waals surface area contributed by atoms with Gasteiger partial charge in [0.25, 0.3) is 10.2 Å². The van der Waals surface area contributed by atoms with Gasteiger partial charge in [-0.2, -0.15) is 17.4 Å². The molecular weight excluding hydrogens is 244 g/mol. The van der Waals surface area contributed by atoms with E-state index in [9.17, 15) is 13.2 Å². The fourth-order valence-corrected chi connectivity index (χ4v) is 2.58. The summed E-state index contributed by atoms with van der Waals surface area (Å²) in [7, 11) is -2.37. The van der Waals surface area contributed by atoms with Crippen molar-refractivity contribution in [3.8, 4) is 0 Å². The third kappa shape index (κ3) is 4.61. The van der Waals surface area contributed by atoms with Crippen LogP contribution in [0.15, 0.2) is 0 Å². The second-order valence-electron chi connectivity index (χ2n) is 5.37. The molecule has 7 heteroatoms. The number of hydrogen-bond acceptors (Lipinski definition) is 3. The fourth-order valence-electron chi connectivity index (χ4n) is 1.11. The van der Waals surface area contributed by atoms with Crippen LogP contribution >= 0.6 is 0 Å². The number of nitrogens with one attached hydrogen (secondary N) is 1. The Balaban J connectivity index is 5.10. The number of rotatable bonds is 5. The number of carbonyl (C=O) groups is 1. The van der Waals surface area contributed by atoms with E-state index >= 15 is 0 Å². The normalized spacial score (nSPS) is 15.3. The van der Waals surface area contributed by atoms with E-state index in [0.29, 0.717) is 0 Å². The minimum atomic E-state index is -3.78. The van der Waals surface area contributed by atoms with Crippen molar-refractivity contribution < 1.29 is 18.3 Å². The van der Waals surface area contributed by atoms with E-state index in [2.05, 4.69) is 4.72 Å². The van der Waals surface area contributed by atoms with E-state index in [-0.39, 0.29) is 6.04 Å². The Morgan fingerprint density at radius 1 is 1.29 bits per heavy atom. The van der Waals surface area contributed by atoms with Gasteiger partial charge in [0.2, 0.25) is 0 Å². The van der Waals surface area contributed by atoms with Crippen LogP contribution in [0.5, 0.6) is 0 Å². The van der Waals surface area contributed by atoms with Gasteiger partial charge in [-0.3, -0.25) is 4.79 Å². The molecule has 1 atom stereocenters. The van der Waals surface area contributed by atoms with Crippen LogP contribution in [0.1, 0.15) is 34.6 Å². The Labute approximate surface area is 103 Å². The molecule has 0 aliphatic heterocycles. The summed E-state index contributed by atoms with van der Waals surface area (Å²) in [5.41, 5.74) is -0.698. The first-order valence-corrected chi connectivity index (χ1v) is 6.81. The molecule has 0 fully saturated rings. The molecule has 0 amide bonds. The summed E-state index contributed by atoms with van der Waals surface area (Å²) in [4.78, 5) is 11.1. The number of carboxylic acid groups (broad SMARTS) is 1. The Morgan fingerprint density at radius 2 is 1.71 bits per heavy atom. The third-order valence-corrected chi connectivity index (χ3v) is 4.20. The molecule has 2 N–H and O–H groups in total. The van der Waals surface area contributed by atoms with Gasteiger partial charge >= 0.3 is 5.97 Å². The van der Waals surface area contributed by atoms with Gasteiger partial charge in [0, 0.05) is 13.1 Å². The highest BCUT2D eigenvalue weighted by atomic mass is 32.2. The molecule has 0 saturated heterocycles. The average Bonchev–Trinajstić information content (AvgIpc) is 2.10. The van der Waals surface area contributed by atoms with Crippen LogP contribution in [0, 0.1) is 5.41 Å². The molecule has 17 heavy (non-hydrogen) atoms. The standard InChI is InChI=1S/C10H22N2O4S/c1-7(2)12(6)17(15,16)11-8(9(13)14)10(3,4)5/h7-8,11H,1-6H3,(H,13,14)/t8-/m0/s1. The molecule has 0 radical (unpaired) electrons. The van der Waals surface area contributed by atoms with E-state index in [4.69, 9.17) is 5.11 Å². The van der Waals surface area contributed by atoms with Gasteiger partial charge < -0.3 is 5.11 Å². The van der Waals surface area contributed by atoms with Gasteiger partial charge in [0.05, 0.1) is 0 Å². The number of nitrogens with zero attached hydrogens (tertiary/aromatic N) is 1. The molecule has 102 valence electrons. The molecular formula is C10H22N2O4S. The van der Waals surface area contributed by atoms with Crippen LogP contribution in [-0.2, 0) is 15.0 Å². The van der Waals surface area contributed by atoms with Crippen molar-refractivity contribution in [2.75, 3.05) is 7.05 Å². The lowest BCUT2D eigenvalue weighted by Gasteiger charge is -2.30. The molecule has 6 nitrogen and oxygen atoms in total. The minimum absolute atomic E-state index is 0.234. The first-order valence-electron chi connectivity index (χ1n) is 5.37. The molecule has 0 aromatic carbocycles. The maximum Gasteiger partial charge on any atom is 0.322 e. The second-order valence-corrected chi connectivity index (χ2v) is 7.13. The quantitative estimate of drug-likeness (QED) is 0.765. The summed E-state index contributed by atoms with van der Waals surface area (Å²) < 4.78 is 27.1. The van der Waals surface area contributed by atoms with Crippen molar-refractivity contribution in [3.63, 3.8) is 0 Å². The Morgan fingerprint density at radius 3 is 1.94 bits per heavy atom. The molecule has 0 saturated carbocycles. The van der Waals surface area contributed by atoms with Crippen molar-refractivity contribution in [1.82, 2.24) is 9.03 Å². The van der Waals surface area contributed by atoms with E-state index in [0.717, 1.165) is 4.31 Å². The lowest BCUT2D eigenvalue weighted by Crippen LogP contribution is -2.53. The van der Waals surface area contributed by atoms with Crippen LogP contribution in [0.2, 0.25) is 0 Å². The predicted octanol–water partition coefficient (Wildman–Crippen LogP) is 0.660. The smallest absolute Gasteiger partial charge is 0.322 e. The molecule has 0 spiro atoms. The fraction of sp³-hybridized carbons (Fsp3) is 0.900. The molecule has 0 aromatic rings. The van der Waals surface area contributed by atoms with Gasteiger partial charge in [0.1, 0.15) is 6.04 Å². The number of hydrogen-bond donors (Lipinski definition) is 2. The molecule has 0 unspecified atom stereocenters. The highest BCUT2D eigenvalue weighted by Gasteiger charge is 2.36. The third-order valence-electron chi connectivity index (χ3n) is 2.49. The zero-order chi connectivity index (χ0) is 14.0. The minimum Gasteiger partial charge on any atom is -0.480 e. The van der Waals surface area contributed by atoms with Crippen LogP contribution in [0.4, 0.5) is 0 Å². The monoisotopic (exact) mass is 266 g/mol. The summed E-state index contributed by atoms with van der Waals surface area (Å²) >= 11 is 0. The van der Waals surface area contributed by atoms with Gasteiger partial charge in [-0.05, 0) is 19.3 Å². The van der Waals surface area contributed by atoms with Gasteiger partial charge in [0.15, 0.2) is 0 Å². The SMILES string of the molecule is CC(C)N(C)S(=O)(=O)N[C@@H](C(=O)O)C(C)(C)C. The largest absolute Gasteiger partial charge is 0.480 e. The van der Waals surface area contributed by atoms with Crippen molar-refractivity contribution >= 4 is 16.2 Å².